The fourth-order valence-electron chi connectivity index (χ4n) is 2.56. The van der Waals surface area contributed by atoms with Crippen molar-refractivity contribution in [3.8, 4) is 11.3 Å². The number of rotatable bonds is 2. The maximum atomic E-state index is 14.5. The smallest absolute Gasteiger partial charge is 0.229 e. The van der Waals surface area contributed by atoms with Crippen LogP contribution in [-0.2, 0) is 4.79 Å². The Balaban J connectivity index is 2.26. The summed E-state index contributed by atoms with van der Waals surface area (Å²) in [6.07, 6.45) is 0. The molecule has 0 aliphatic carbocycles. The first kappa shape index (κ1) is 21.4. The summed E-state index contributed by atoms with van der Waals surface area (Å²) in [5.74, 6) is -2.59. The van der Waals surface area contributed by atoms with Crippen LogP contribution in [0.25, 0.3) is 22.3 Å². The Morgan fingerprint density at radius 3 is 2.21 bits per heavy atom. The van der Waals surface area contributed by atoms with Crippen LogP contribution in [-0.4, -0.2) is 5.91 Å². The number of benzene rings is 2. The summed E-state index contributed by atoms with van der Waals surface area (Å²) in [6, 6.07) is 4.89. The number of anilines is 2. The summed E-state index contributed by atoms with van der Waals surface area (Å²) >= 11 is 6.60. The molecule has 3 aromatic rings. The minimum absolute atomic E-state index is 0.0579. The molecule has 152 valence electrons. The van der Waals surface area contributed by atoms with E-state index in [-0.39, 0.29) is 11.1 Å². The third-order valence-electron chi connectivity index (χ3n) is 4.19. The van der Waals surface area contributed by atoms with Crippen molar-refractivity contribution in [1.29, 1.82) is 0 Å². The molecule has 0 radical (unpaired) electrons. The van der Waals surface area contributed by atoms with E-state index in [1.165, 1.54) is 0 Å². The lowest BCUT2D eigenvalue weighted by atomic mass is 9.95. The molecule has 29 heavy (non-hydrogen) atoms. The standard InChI is InChI=1S/C20H16Br2F2N2O3/c1-20(2,3)19(28)26-17-11(23)6-12(24)18-15(17)13(27)7-14(29-18)8-4-9(21)16(25)10(22)5-8/h4-7H,25H2,1-3H3,(H,26,28). The molecule has 1 amide bonds. The van der Waals surface area contributed by atoms with Gasteiger partial charge in [0.2, 0.25) is 5.91 Å². The first-order valence-electron chi connectivity index (χ1n) is 8.42. The topological polar surface area (TPSA) is 85.3 Å². The van der Waals surface area contributed by atoms with E-state index in [0.29, 0.717) is 26.3 Å². The monoisotopic (exact) mass is 528 g/mol. The number of fused-ring (bicyclic) bond motifs is 1. The van der Waals surface area contributed by atoms with Gasteiger partial charge in [-0.1, -0.05) is 20.8 Å². The van der Waals surface area contributed by atoms with E-state index in [4.69, 9.17) is 10.2 Å². The molecule has 0 spiro atoms. The van der Waals surface area contributed by atoms with E-state index in [1.807, 2.05) is 0 Å². The normalized spacial score (nSPS) is 11.7. The molecule has 0 fully saturated rings. The molecule has 1 heterocycles. The summed E-state index contributed by atoms with van der Waals surface area (Å²) in [6.45, 7) is 4.89. The zero-order chi connectivity index (χ0) is 21.7. The van der Waals surface area contributed by atoms with Gasteiger partial charge in [0.25, 0.3) is 0 Å². The van der Waals surface area contributed by atoms with Gasteiger partial charge in [0.15, 0.2) is 22.6 Å². The molecule has 0 aliphatic heterocycles. The Morgan fingerprint density at radius 1 is 1.07 bits per heavy atom. The number of nitrogens with two attached hydrogens (primary N) is 1. The van der Waals surface area contributed by atoms with E-state index in [0.717, 1.165) is 6.07 Å². The summed E-state index contributed by atoms with van der Waals surface area (Å²) in [5, 5.41) is 2.00. The van der Waals surface area contributed by atoms with Crippen LogP contribution in [0.15, 0.2) is 42.4 Å². The summed E-state index contributed by atoms with van der Waals surface area (Å²) < 4.78 is 35.6. The van der Waals surface area contributed by atoms with Crippen molar-refractivity contribution in [3.05, 3.63) is 55.1 Å². The van der Waals surface area contributed by atoms with Crippen molar-refractivity contribution in [2.45, 2.75) is 20.8 Å². The highest BCUT2D eigenvalue weighted by atomic mass is 79.9. The van der Waals surface area contributed by atoms with Crippen LogP contribution >= 0.6 is 31.9 Å². The maximum Gasteiger partial charge on any atom is 0.229 e. The minimum Gasteiger partial charge on any atom is -0.453 e. The maximum absolute atomic E-state index is 14.5. The lowest BCUT2D eigenvalue weighted by Gasteiger charge is -2.19. The second-order valence-electron chi connectivity index (χ2n) is 7.45. The second kappa shape index (κ2) is 7.53. The Morgan fingerprint density at radius 2 is 1.66 bits per heavy atom. The molecular weight excluding hydrogens is 514 g/mol. The largest absolute Gasteiger partial charge is 0.453 e. The molecule has 9 heteroatoms. The molecule has 2 aromatic carbocycles. The van der Waals surface area contributed by atoms with Crippen molar-refractivity contribution >= 4 is 60.1 Å². The number of halogens is 4. The molecule has 0 aliphatic rings. The Bertz CT molecular complexity index is 1190. The zero-order valence-corrected chi connectivity index (χ0v) is 18.8. The lowest BCUT2D eigenvalue weighted by Crippen LogP contribution is -2.28. The number of nitrogen functional groups attached to an aromatic ring is 1. The molecule has 0 atom stereocenters. The van der Waals surface area contributed by atoms with Crippen LogP contribution in [0.2, 0.25) is 0 Å². The average molecular weight is 530 g/mol. The molecule has 1 aromatic heterocycles. The summed E-state index contributed by atoms with van der Waals surface area (Å²) in [7, 11) is 0. The fraction of sp³-hybridized carbons (Fsp3) is 0.200. The van der Waals surface area contributed by atoms with Gasteiger partial charge in [-0.2, -0.15) is 0 Å². The van der Waals surface area contributed by atoms with Crippen molar-refractivity contribution in [2.24, 2.45) is 5.41 Å². The van der Waals surface area contributed by atoms with Crippen molar-refractivity contribution in [3.63, 3.8) is 0 Å². The Hall–Kier alpha value is -2.26. The predicted octanol–water partition coefficient (Wildman–Crippen LogP) is 5.83. The molecule has 0 bridgehead atoms. The summed E-state index contributed by atoms with van der Waals surface area (Å²) in [4.78, 5) is 25.1. The van der Waals surface area contributed by atoms with Gasteiger partial charge in [-0.3, -0.25) is 9.59 Å². The van der Waals surface area contributed by atoms with E-state index >= 15 is 0 Å². The molecule has 3 N–H and O–H groups in total. The Kier molecular flexibility index (Phi) is 5.57. The first-order chi connectivity index (χ1) is 13.4. The van der Waals surface area contributed by atoms with E-state index < -0.39 is 39.7 Å². The van der Waals surface area contributed by atoms with Crippen molar-refractivity contribution in [1.82, 2.24) is 0 Å². The Labute approximate surface area is 181 Å². The van der Waals surface area contributed by atoms with Crippen LogP contribution in [0.5, 0.6) is 0 Å². The molecule has 0 saturated carbocycles. The molecule has 0 saturated heterocycles. The number of nitrogens with one attached hydrogen (secondary N) is 1. The van der Waals surface area contributed by atoms with Gasteiger partial charge in [0.1, 0.15) is 5.76 Å². The van der Waals surface area contributed by atoms with Gasteiger partial charge in [0, 0.05) is 32.1 Å². The fourth-order valence-corrected chi connectivity index (χ4v) is 3.75. The van der Waals surface area contributed by atoms with Crippen LogP contribution in [0.4, 0.5) is 20.2 Å². The first-order valence-corrected chi connectivity index (χ1v) is 10.0. The van der Waals surface area contributed by atoms with Crippen LogP contribution in [0.3, 0.4) is 0 Å². The van der Waals surface area contributed by atoms with Crippen LogP contribution in [0, 0.1) is 17.0 Å². The van der Waals surface area contributed by atoms with Gasteiger partial charge in [-0.05, 0) is 44.0 Å². The third kappa shape index (κ3) is 4.06. The number of amides is 1. The highest BCUT2D eigenvalue weighted by Gasteiger charge is 2.26. The summed E-state index contributed by atoms with van der Waals surface area (Å²) in [5.41, 5.74) is 4.33. The third-order valence-corrected chi connectivity index (χ3v) is 5.50. The number of hydrogen-bond donors (Lipinski definition) is 2. The van der Waals surface area contributed by atoms with Crippen LogP contribution in [0.1, 0.15) is 20.8 Å². The van der Waals surface area contributed by atoms with Gasteiger partial charge in [0.05, 0.1) is 16.8 Å². The average Bonchev–Trinajstić information content (AvgIpc) is 2.61. The van der Waals surface area contributed by atoms with Crippen LogP contribution < -0.4 is 16.5 Å². The van der Waals surface area contributed by atoms with E-state index in [9.17, 15) is 18.4 Å². The highest BCUT2D eigenvalue weighted by Crippen LogP contribution is 2.36. The van der Waals surface area contributed by atoms with Gasteiger partial charge < -0.3 is 15.5 Å². The minimum atomic E-state index is -1.06. The number of hydrogen-bond acceptors (Lipinski definition) is 4. The number of carbonyl (C=O) groups excluding carboxylic acids is 1. The zero-order valence-electron chi connectivity index (χ0n) is 15.6. The SMILES string of the molecule is CC(C)(C)C(=O)Nc1c(F)cc(F)c2oc(-c3cc(Br)c(N)c(Br)c3)cc(=O)c12. The van der Waals surface area contributed by atoms with Crippen molar-refractivity contribution in [2.75, 3.05) is 11.1 Å². The number of carbonyl (C=O) groups is 1. The molecule has 0 unspecified atom stereocenters. The predicted molar refractivity (Wildman–Crippen MR) is 116 cm³/mol. The molecule has 5 nitrogen and oxygen atoms in total. The van der Waals surface area contributed by atoms with E-state index in [2.05, 4.69) is 37.2 Å². The molecule has 3 rings (SSSR count). The second-order valence-corrected chi connectivity index (χ2v) is 9.16. The lowest BCUT2D eigenvalue weighted by molar-refractivity contribution is -0.123. The van der Waals surface area contributed by atoms with Gasteiger partial charge in [-0.25, -0.2) is 8.78 Å². The van der Waals surface area contributed by atoms with Gasteiger partial charge >= 0.3 is 0 Å². The quantitative estimate of drug-likeness (QED) is 0.409. The van der Waals surface area contributed by atoms with Gasteiger partial charge in [-0.15, -0.1) is 0 Å². The van der Waals surface area contributed by atoms with E-state index in [1.54, 1.807) is 32.9 Å². The van der Waals surface area contributed by atoms with Crippen molar-refractivity contribution < 1.29 is 18.0 Å². The highest BCUT2D eigenvalue weighted by molar-refractivity contribution is 9.11. The molecular formula is C20H16Br2F2N2O3.